The fourth-order valence-corrected chi connectivity index (χ4v) is 7.33. The number of hydrogen-bond donors (Lipinski definition) is 0. The van der Waals surface area contributed by atoms with Crippen molar-refractivity contribution >= 4 is 11.8 Å². The van der Waals surface area contributed by atoms with Crippen LogP contribution in [0.1, 0.15) is 78.6 Å². The highest BCUT2D eigenvalue weighted by molar-refractivity contribution is 5.87. The molecule has 134 valence electrons. The molecule has 4 saturated carbocycles. The zero-order valence-electron chi connectivity index (χ0n) is 15.5. The van der Waals surface area contributed by atoms with E-state index < -0.39 is 0 Å². The van der Waals surface area contributed by atoms with E-state index in [0.717, 1.165) is 43.9 Å². The van der Waals surface area contributed by atoms with Crippen molar-refractivity contribution in [3.05, 3.63) is 0 Å². The molecule has 7 atom stereocenters. The van der Waals surface area contributed by atoms with Crippen molar-refractivity contribution in [2.24, 2.45) is 34.5 Å². The Morgan fingerprint density at radius 1 is 1.04 bits per heavy atom. The highest BCUT2D eigenvalue weighted by Crippen LogP contribution is 2.65. The first kappa shape index (κ1) is 16.6. The topological polar surface area (TPSA) is 43.4 Å². The second kappa shape index (κ2) is 5.57. The van der Waals surface area contributed by atoms with Crippen LogP contribution in [0.25, 0.3) is 0 Å². The Morgan fingerprint density at radius 3 is 2.58 bits per heavy atom. The van der Waals surface area contributed by atoms with E-state index in [2.05, 4.69) is 13.8 Å². The molecule has 0 saturated heterocycles. The quantitative estimate of drug-likeness (QED) is 0.663. The van der Waals surface area contributed by atoms with Crippen molar-refractivity contribution in [1.29, 1.82) is 0 Å². The Kier molecular flexibility index (Phi) is 3.85. The Balaban J connectivity index is 1.54. The molecule has 4 rings (SSSR count). The maximum atomic E-state index is 12.5. The maximum Gasteiger partial charge on any atom is 0.302 e. The Labute approximate surface area is 145 Å². The molecule has 0 aromatic heterocycles. The Morgan fingerprint density at radius 2 is 1.83 bits per heavy atom. The molecule has 0 bridgehead atoms. The predicted octanol–water partition coefficient (Wildman–Crippen LogP) is 4.53. The van der Waals surface area contributed by atoms with Gasteiger partial charge in [0.25, 0.3) is 0 Å². The van der Waals surface area contributed by atoms with Crippen molar-refractivity contribution in [2.75, 3.05) is 0 Å². The fraction of sp³-hybridized carbons (Fsp3) is 0.905. The van der Waals surface area contributed by atoms with Crippen molar-refractivity contribution in [1.82, 2.24) is 0 Å². The number of carbonyl (C=O) groups excluding carboxylic acids is 2. The molecule has 0 heterocycles. The van der Waals surface area contributed by atoms with Gasteiger partial charge < -0.3 is 4.74 Å². The first-order chi connectivity index (χ1) is 11.3. The third kappa shape index (κ3) is 2.29. The molecule has 4 fully saturated rings. The molecule has 24 heavy (non-hydrogen) atoms. The van der Waals surface area contributed by atoms with E-state index in [4.69, 9.17) is 4.74 Å². The molecule has 0 aromatic rings. The van der Waals surface area contributed by atoms with Gasteiger partial charge in [-0.1, -0.05) is 13.8 Å². The van der Waals surface area contributed by atoms with Gasteiger partial charge >= 0.3 is 5.97 Å². The van der Waals surface area contributed by atoms with Gasteiger partial charge in [0.15, 0.2) is 0 Å². The second-order valence-electron chi connectivity index (χ2n) is 9.58. The number of esters is 1. The number of hydrogen-bond acceptors (Lipinski definition) is 3. The summed E-state index contributed by atoms with van der Waals surface area (Å²) in [7, 11) is 0. The normalized spacial score (nSPS) is 50.6. The molecule has 0 aromatic carbocycles. The smallest absolute Gasteiger partial charge is 0.302 e. The number of carbonyl (C=O) groups is 2. The average molecular weight is 332 g/mol. The van der Waals surface area contributed by atoms with Crippen LogP contribution in [0.4, 0.5) is 0 Å². The van der Waals surface area contributed by atoms with E-state index in [1.54, 1.807) is 0 Å². The highest BCUT2D eigenvalue weighted by atomic mass is 16.5. The SMILES string of the molecule is CC(=O)O[C@@H]1CC[C@]2(C)[C@H](CC[C@H]3[C@H]2CC[C@@]2(C)C(=O)CC[C@H]32)C1. The number of ketones is 1. The summed E-state index contributed by atoms with van der Waals surface area (Å²) in [5.74, 6) is 3.26. The van der Waals surface area contributed by atoms with Gasteiger partial charge in [-0.2, -0.15) is 0 Å². The Bertz CT molecular complexity index is 555. The van der Waals surface area contributed by atoms with Gasteiger partial charge in [0, 0.05) is 18.8 Å². The number of rotatable bonds is 1. The predicted molar refractivity (Wildman–Crippen MR) is 92.3 cm³/mol. The van der Waals surface area contributed by atoms with E-state index in [0.29, 0.717) is 23.0 Å². The molecule has 0 spiro atoms. The van der Waals surface area contributed by atoms with E-state index in [1.165, 1.54) is 32.6 Å². The van der Waals surface area contributed by atoms with Crippen LogP contribution in [0.3, 0.4) is 0 Å². The molecular weight excluding hydrogens is 300 g/mol. The fourth-order valence-electron chi connectivity index (χ4n) is 7.33. The third-order valence-electron chi connectivity index (χ3n) is 8.66. The van der Waals surface area contributed by atoms with Gasteiger partial charge in [-0.15, -0.1) is 0 Å². The molecule has 0 N–H and O–H groups in total. The van der Waals surface area contributed by atoms with E-state index in [-0.39, 0.29) is 17.5 Å². The van der Waals surface area contributed by atoms with Crippen molar-refractivity contribution in [3.63, 3.8) is 0 Å². The van der Waals surface area contributed by atoms with Gasteiger partial charge in [-0.05, 0) is 80.5 Å². The zero-order chi connectivity index (χ0) is 17.1. The van der Waals surface area contributed by atoms with Crippen LogP contribution in [-0.2, 0) is 14.3 Å². The van der Waals surface area contributed by atoms with Crippen LogP contribution in [-0.4, -0.2) is 17.9 Å². The summed E-state index contributed by atoms with van der Waals surface area (Å²) >= 11 is 0. The minimum Gasteiger partial charge on any atom is -0.463 e. The highest BCUT2D eigenvalue weighted by Gasteiger charge is 2.60. The lowest BCUT2D eigenvalue weighted by Gasteiger charge is -2.60. The largest absolute Gasteiger partial charge is 0.463 e. The van der Waals surface area contributed by atoms with E-state index >= 15 is 0 Å². The second-order valence-corrected chi connectivity index (χ2v) is 9.58. The number of ether oxygens (including phenoxy) is 1. The third-order valence-corrected chi connectivity index (χ3v) is 8.66. The summed E-state index contributed by atoms with van der Waals surface area (Å²) in [6.07, 6.45) is 10.2. The molecule has 3 nitrogen and oxygen atoms in total. The molecule has 0 radical (unpaired) electrons. The molecule has 0 amide bonds. The van der Waals surface area contributed by atoms with Crippen LogP contribution in [0.5, 0.6) is 0 Å². The lowest BCUT2D eigenvalue weighted by Crippen LogP contribution is -2.54. The molecule has 0 unspecified atom stereocenters. The standard InChI is InChI=1S/C21H32O3/c1-13(22)24-15-8-10-20(2)14(12-15)4-5-16-17-6-7-19(23)21(17,3)11-9-18(16)20/h14-18H,4-12H2,1-3H3/t14-,15-,16-,17-,18-,20-,21-/m1/s1. The average Bonchev–Trinajstić information content (AvgIpc) is 2.83. The van der Waals surface area contributed by atoms with E-state index in [9.17, 15) is 9.59 Å². The van der Waals surface area contributed by atoms with E-state index in [1.807, 2.05) is 0 Å². The first-order valence-electron chi connectivity index (χ1n) is 10.0. The van der Waals surface area contributed by atoms with Gasteiger partial charge in [0.05, 0.1) is 0 Å². The van der Waals surface area contributed by atoms with Crippen LogP contribution in [0, 0.1) is 34.5 Å². The minimum atomic E-state index is -0.129. The number of fused-ring (bicyclic) bond motifs is 5. The van der Waals surface area contributed by atoms with Crippen LogP contribution in [0.2, 0.25) is 0 Å². The lowest BCUT2D eigenvalue weighted by molar-refractivity contribution is -0.160. The number of Topliss-reactive ketones (excluding diaryl/α,β-unsaturated/α-hetero) is 1. The first-order valence-corrected chi connectivity index (χ1v) is 10.0. The molecule has 4 aliphatic rings. The summed E-state index contributed by atoms with van der Waals surface area (Å²) in [4.78, 5) is 23.8. The van der Waals surface area contributed by atoms with Gasteiger partial charge in [0.2, 0.25) is 0 Å². The van der Waals surface area contributed by atoms with Gasteiger partial charge in [-0.25, -0.2) is 0 Å². The monoisotopic (exact) mass is 332 g/mol. The lowest BCUT2D eigenvalue weighted by atomic mass is 9.45. The minimum absolute atomic E-state index is 0.0146. The molecule has 4 aliphatic carbocycles. The molecular formula is C21H32O3. The summed E-state index contributed by atoms with van der Waals surface area (Å²) in [6.45, 7) is 6.30. The van der Waals surface area contributed by atoms with Gasteiger partial charge in [-0.3, -0.25) is 9.59 Å². The maximum absolute atomic E-state index is 12.5. The summed E-state index contributed by atoms with van der Waals surface area (Å²) in [5, 5.41) is 0. The summed E-state index contributed by atoms with van der Waals surface area (Å²) < 4.78 is 5.54. The molecule has 3 heteroatoms. The van der Waals surface area contributed by atoms with Crippen molar-refractivity contribution in [2.45, 2.75) is 84.7 Å². The van der Waals surface area contributed by atoms with Crippen LogP contribution >= 0.6 is 0 Å². The zero-order valence-corrected chi connectivity index (χ0v) is 15.5. The summed E-state index contributed by atoms with van der Waals surface area (Å²) in [6, 6.07) is 0. The van der Waals surface area contributed by atoms with Crippen LogP contribution in [0.15, 0.2) is 0 Å². The van der Waals surface area contributed by atoms with Crippen molar-refractivity contribution in [3.8, 4) is 0 Å². The van der Waals surface area contributed by atoms with Gasteiger partial charge in [0.1, 0.15) is 11.9 Å². The van der Waals surface area contributed by atoms with Crippen LogP contribution < -0.4 is 0 Å². The molecule has 0 aliphatic heterocycles. The van der Waals surface area contributed by atoms with Crippen molar-refractivity contribution < 1.29 is 14.3 Å². The summed E-state index contributed by atoms with van der Waals surface area (Å²) in [5.41, 5.74) is 0.381. The Hall–Kier alpha value is -0.860.